The predicted octanol–water partition coefficient (Wildman–Crippen LogP) is 2.42. The van der Waals surface area contributed by atoms with E-state index in [9.17, 15) is 4.79 Å². The van der Waals surface area contributed by atoms with Crippen molar-refractivity contribution in [3.63, 3.8) is 0 Å². The van der Waals surface area contributed by atoms with Crippen LogP contribution in [0, 0.1) is 5.92 Å². The van der Waals surface area contributed by atoms with Crippen LogP contribution in [0.4, 0.5) is 0 Å². The molecule has 0 aromatic heterocycles. The van der Waals surface area contributed by atoms with E-state index in [2.05, 4.69) is 28.8 Å². The first-order valence-electron chi connectivity index (χ1n) is 8.41. The SMILES string of the molecule is CCNC(=NCCCSC)NC1CCC(C(=O)OCC)CC1. The van der Waals surface area contributed by atoms with Crippen molar-refractivity contribution < 1.29 is 9.53 Å². The first-order chi connectivity index (χ1) is 10.7. The molecule has 0 saturated heterocycles. The second-order valence-electron chi connectivity index (χ2n) is 5.55. The molecular formula is C16H31N3O2S. The van der Waals surface area contributed by atoms with E-state index >= 15 is 0 Å². The number of carbonyl (C=O) groups is 1. The molecule has 1 fully saturated rings. The van der Waals surface area contributed by atoms with Crippen LogP contribution in [-0.2, 0) is 9.53 Å². The molecule has 0 aliphatic heterocycles. The van der Waals surface area contributed by atoms with Gasteiger partial charge < -0.3 is 15.4 Å². The monoisotopic (exact) mass is 329 g/mol. The third kappa shape index (κ3) is 7.38. The summed E-state index contributed by atoms with van der Waals surface area (Å²) in [6.45, 7) is 6.14. The Kier molecular flexibility index (Phi) is 10.1. The molecule has 1 saturated carbocycles. The van der Waals surface area contributed by atoms with Gasteiger partial charge in [0.1, 0.15) is 0 Å². The predicted molar refractivity (Wildman–Crippen MR) is 94.5 cm³/mol. The summed E-state index contributed by atoms with van der Waals surface area (Å²) in [7, 11) is 0. The van der Waals surface area contributed by atoms with Gasteiger partial charge in [-0.3, -0.25) is 9.79 Å². The standard InChI is InChI=1S/C16H31N3O2S/c1-4-17-16(18-11-6-12-22-3)19-14-9-7-13(8-10-14)15(20)21-5-2/h13-14H,4-12H2,1-3H3,(H2,17,18,19). The summed E-state index contributed by atoms with van der Waals surface area (Å²) in [4.78, 5) is 16.4. The normalized spacial score (nSPS) is 22.2. The van der Waals surface area contributed by atoms with Gasteiger partial charge in [0.2, 0.25) is 0 Å². The molecule has 22 heavy (non-hydrogen) atoms. The zero-order chi connectivity index (χ0) is 16.2. The second-order valence-corrected chi connectivity index (χ2v) is 6.54. The fourth-order valence-electron chi connectivity index (χ4n) is 2.65. The molecule has 1 aliphatic rings. The van der Waals surface area contributed by atoms with E-state index in [4.69, 9.17) is 4.74 Å². The van der Waals surface area contributed by atoms with Crippen LogP contribution < -0.4 is 10.6 Å². The van der Waals surface area contributed by atoms with Crippen molar-refractivity contribution in [1.29, 1.82) is 0 Å². The molecule has 0 radical (unpaired) electrons. The topological polar surface area (TPSA) is 62.7 Å². The van der Waals surface area contributed by atoms with Crippen LogP contribution in [0.15, 0.2) is 4.99 Å². The maximum atomic E-state index is 11.8. The minimum Gasteiger partial charge on any atom is -0.466 e. The largest absolute Gasteiger partial charge is 0.466 e. The van der Waals surface area contributed by atoms with Crippen LogP contribution in [0.1, 0.15) is 46.0 Å². The van der Waals surface area contributed by atoms with Crippen molar-refractivity contribution in [2.75, 3.05) is 31.7 Å². The third-order valence-electron chi connectivity index (χ3n) is 3.81. The molecule has 0 aromatic carbocycles. The summed E-state index contributed by atoms with van der Waals surface area (Å²) in [6.07, 6.45) is 7.03. The Morgan fingerprint density at radius 3 is 2.59 bits per heavy atom. The summed E-state index contributed by atoms with van der Waals surface area (Å²) in [5, 5.41) is 6.81. The fraction of sp³-hybridized carbons (Fsp3) is 0.875. The average molecular weight is 330 g/mol. The highest BCUT2D eigenvalue weighted by molar-refractivity contribution is 7.98. The molecule has 0 unspecified atom stereocenters. The van der Waals surface area contributed by atoms with Gasteiger partial charge in [0, 0.05) is 19.1 Å². The number of thioether (sulfide) groups is 1. The molecule has 0 atom stereocenters. The van der Waals surface area contributed by atoms with Crippen molar-refractivity contribution in [3.8, 4) is 0 Å². The van der Waals surface area contributed by atoms with Crippen molar-refractivity contribution in [1.82, 2.24) is 10.6 Å². The molecule has 2 N–H and O–H groups in total. The number of aliphatic imine (C=N–C) groups is 1. The highest BCUT2D eigenvalue weighted by Gasteiger charge is 2.27. The molecule has 0 amide bonds. The van der Waals surface area contributed by atoms with Gasteiger partial charge in [-0.05, 0) is 58.0 Å². The maximum absolute atomic E-state index is 11.8. The average Bonchev–Trinajstić information content (AvgIpc) is 2.52. The molecule has 5 nitrogen and oxygen atoms in total. The van der Waals surface area contributed by atoms with Gasteiger partial charge in [0.05, 0.1) is 12.5 Å². The number of esters is 1. The number of ether oxygens (including phenoxy) is 1. The van der Waals surface area contributed by atoms with E-state index in [-0.39, 0.29) is 11.9 Å². The van der Waals surface area contributed by atoms with Gasteiger partial charge in [-0.1, -0.05) is 0 Å². The molecule has 0 bridgehead atoms. The summed E-state index contributed by atoms with van der Waals surface area (Å²) in [6, 6.07) is 0.407. The highest BCUT2D eigenvalue weighted by atomic mass is 32.2. The van der Waals surface area contributed by atoms with E-state index in [0.29, 0.717) is 12.6 Å². The van der Waals surface area contributed by atoms with Crippen LogP contribution in [0.2, 0.25) is 0 Å². The molecule has 1 rings (SSSR count). The number of nitrogens with zero attached hydrogens (tertiary/aromatic N) is 1. The summed E-state index contributed by atoms with van der Waals surface area (Å²) < 4.78 is 5.11. The summed E-state index contributed by atoms with van der Waals surface area (Å²) in [5.74, 6) is 2.11. The molecule has 0 aromatic rings. The minimum absolute atomic E-state index is 0.0291. The Hall–Kier alpha value is -0.910. The lowest BCUT2D eigenvalue weighted by atomic mass is 9.86. The number of guanidine groups is 1. The quantitative estimate of drug-likeness (QED) is 0.310. The van der Waals surface area contributed by atoms with Gasteiger partial charge in [-0.25, -0.2) is 0 Å². The smallest absolute Gasteiger partial charge is 0.308 e. The Balaban J connectivity index is 2.36. The van der Waals surface area contributed by atoms with Crippen LogP contribution in [0.5, 0.6) is 0 Å². The van der Waals surface area contributed by atoms with Crippen molar-refractivity contribution in [2.45, 2.75) is 52.0 Å². The summed E-state index contributed by atoms with van der Waals surface area (Å²) in [5.41, 5.74) is 0. The van der Waals surface area contributed by atoms with Gasteiger partial charge in [0.25, 0.3) is 0 Å². The van der Waals surface area contributed by atoms with E-state index in [1.807, 2.05) is 18.7 Å². The van der Waals surface area contributed by atoms with Crippen molar-refractivity contribution in [3.05, 3.63) is 0 Å². The Bertz CT molecular complexity index is 342. The van der Waals surface area contributed by atoms with Crippen LogP contribution in [0.25, 0.3) is 0 Å². The van der Waals surface area contributed by atoms with E-state index in [0.717, 1.165) is 56.9 Å². The zero-order valence-corrected chi connectivity index (χ0v) is 15.0. The molecular weight excluding hydrogens is 298 g/mol. The Morgan fingerprint density at radius 1 is 1.27 bits per heavy atom. The Labute approximate surface area is 139 Å². The number of carbonyl (C=O) groups excluding carboxylic acids is 1. The maximum Gasteiger partial charge on any atom is 0.308 e. The molecule has 0 heterocycles. The fourth-order valence-corrected chi connectivity index (χ4v) is 3.06. The first-order valence-corrected chi connectivity index (χ1v) is 9.81. The van der Waals surface area contributed by atoms with Crippen molar-refractivity contribution in [2.24, 2.45) is 10.9 Å². The minimum atomic E-state index is -0.0291. The molecule has 1 aliphatic carbocycles. The van der Waals surface area contributed by atoms with Gasteiger partial charge in [-0.15, -0.1) is 0 Å². The number of nitrogens with one attached hydrogen (secondary N) is 2. The third-order valence-corrected chi connectivity index (χ3v) is 4.51. The van der Waals surface area contributed by atoms with Gasteiger partial charge in [-0.2, -0.15) is 11.8 Å². The van der Waals surface area contributed by atoms with Gasteiger partial charge >= 0.3 is 5.97 Å². The second kappa shape index (κ2) is 11.6. The lowest BCUT2D eigenvalue weighted by Gasteiger charge is -2.29. The molecule has 0 spiro atoms. The summed E-state index contributed by atoms with van der Waals surface area (Å²) >= 11 is 1.86. The van der Waals surface area contributed by atoms with Crippen LogP contribution >= 0.6 is 11.8 Å². The zero-order valence-electron chi connectivity index (χ0n) is 14.2. The van der Waals surface area contributed by atoms with Crippen LogP contribution in [0.3, 0.4) is 0 Å². The molecule has 6 heteroatoms. The van der Waals surface area contributed by atoms with Crippen LogP contribution in [-0.4, -0.2) is 49.7 Å². The van der Waals surface area contributed by atoms with E-state index in [1.165, 1.54) is 0 Å². The lowest BCUT2D eigenvalue weighted by Crippen LogP contribution is -2.45. The van der Waals surface area contributed by atoms with E-state index < -0.39 is 0 Å². The molecule has 128 valence electrons. The van der Waals surface area contributed by atoms with Crippen molar-refractivity contribution >= 4 is 23.7 Å². The van der Waals surface area contributed by atoms with E-state index in [1.54, 1.807) is 0 Å². The number of hydrogen-bond acceptors (Lipinski definition) is 4. The van der Waals surface area contributed by atoms with Gasteiger partial charge in [0.15, 0.2) is 5.96 Å². The first kappa shape index (κ1) is 19.1. The number of hydrogen-bond donors (Lipinski definition) is 2. The lowest BCUT2D eigenvalue weighted by molar-refractivity contribution is -0.149. The Morgan fingerprint density at radius 2 is 2.00 bits per heavy atom. The number of rotatable bonds is 8. The highest BCUT2D eigenvalue weighted by Crippen LogP contribution is 2.25.